The molecule has 0 radical (unpaired) electrons. The minimum absolute atomic E-state index is 0.186. The van der Waals surface area contributed by atoms with Gasteiger partial charge in [-0.2, -0.15) is 0 Å². The second-order valence-corrected chi connectivity index (χ2v) is 3.71. The van der Waals surface area contributed by atoms with E-state index < -0.39 is 5.97 Å². The van der Waals surface area contributed by atoms with Crippen molar-refractivity contribution < 1.29 is 9.90 Å². The maximum absolute atomic E-state index is 10.7. The van der Waals surface area contributed by atoms with Crippen LogP contribution >= 0.6 is 0 Å². The summed E-state index contributed by atoms with van der Waals surface area (Å²) in [5, 5.41) is 8.78. The first-order valence-corrected chi connectivity index (χ1v) is 4.49. The van der Waals surface area contributed by atoms with E-state index in [4.69, 9.17) is 5.11 Å². The van der Waals surface area contributed by atoms with Crippen LogP contribution in [0.2, 0.25) is 0 Å². The van der Waals surface area contributed by atoms with E-state index in [0.717, 1.165) is 19.3 Å². The van der Waals surface area contributed by atoms with Crippen LogP contribution in [0, 0.1) is 11.8 Å². The summed E-state index contributed by atoms with van der Waals surface area (Å²) in [7, 11) is 0. The van der Waals surface area contributed by atoms with Gasteiger partial charge in [-0.05, 0) is 32.1 Å². The molecule has 1 rings (SSSR count). The molecule has 0 amide bonds. The second kappa shape index (κ2) is 3.74. The van der Waals surface area contributed by atoms with Gasteiger partial charge in [-0.15, -0.1) is 0 Å². The van der Waals surface area contributed by atoms with Gasteiger partial charge in [0.05, 0.1) is 5.92 Å². The molecule has 2 nitrogen and oxygen atoms in total. The van der Waals surface area contributed by atoms with Gasteiger partial charge in [-0.25, -0.2) is 0 Å². The molecule has 12 heavy (non-hydrogen) atoms. The van der Waals surface area contributed by atoms with E-state index in [2.05, 4.69) is 13.0 Å². The minimum Gasteiger partial charge on any atom is -0.481 e. The topological polar surface area (TPSA) is 37.3 Å². The molecular formula is C10H16O2. The van der Waals surface area contributed by atoms with Gasteiger partial charge in [0, 0.05) is 0 Å². The smallest absolute Gasteiger partial charge is 0.306 e. The van der Waals surface area contributed by atoms with Crippen molar-refractivity contribution in [3.63, 3.8) is 0 Å². The maximum Gasteiger partial charge on any atom is 0.306 e. The largest absolute Gasteiger partial charge is 0.481 e. The Kier molecular flexibility index (Phi) is 2.90. The van der Waals surface area contributed by atoms with Crippen molar-refractivity contribution in [2.75, 3.05) is 0 Å². The quantitative estimate of drug-likeness (QED) is 0.643. The third kappa shape index (κ3) is 2.10. The molecule has 0 unspecified atom stereocenters. The molecule has 0 saturated carbocycles. The summed E-state index contributed by atoms with van der Waals surface area (Å²) in [6, 6.07) is 0. The molecule has 68 valence electrons. The molecule has 0 aliphatic heterocycles. The van der Waals surface area contributed by atoms with Gasteiger partial charge >= 0.3 is 5.97 Å². The molecule has 1 aliphatic carbocycles. The third-order valence-electron chi connectivity index (χ3n) is 2.78. The molecule has 2 atom stereocenters. The average Bonchev–Trinajstić information content (AvgIpc) is 2.04. The SMILES string of the molecule is CC1=CC[C@H]([C@@H](C)C(=O)O)CC1. The molecule has 1 N–H and O–H groups in total. The summed E-state index contributed by atoms with van der Waals surface area (Å²) in [6.07, 6.45) is 5.23. The fraction of sp³-hybridized carbons (Fsp3) is 0.700. The third-order valence-corrected chi connectivity index (χ3v) is 2.78. The zero-order valence-electron chi connectivity index (χ0n) is 7.71. The highest BCUT2D eigenvalue weighted by atomic mass is 16.4. The summed E-state index contributed by atoms with van der Waals surface area (Å²) in [5.41, 5.74) is 1.41. The summed E-state index contributed by atoms with van der Waals surface area (Å²) >= 11 is 0. The average molecular weight is 168 g/mol. The Morgan fingerprint density at radius 1 is 1.75 bits per heavy atom. The normalized spacial score (nSPS) is 26.2. The van der Waals surface area contributed by atoms with Crippen LogP contribution < -0.4 is 0 Å². The van der Waals surface area contributed by atoms with E-state index in [1.807, 2.05) is 6.92 Å². The number of hydrogen-bond donors (Lipinski definition) is 1. The van der Waals surface area contributed by atoms with Gasteiger partial charge < -0.3 is 5.11 Å². The molecule has 0 fully saturated rings. The Hall–Kier alpha value is -0.790. The van der Waals surface area contributed by atoms with Crippen molar-refractivity contribution in [1.82, 2.24) is 0 Å². The predicted molar refractivity (Wildman–Crippen MR) is 47.9 cm³/mol. The number of hydrogen-bond acceptors (Lipinski definition) is 1. The number of carboxylic acids is 1. The van der Waals surface area contributed by atoms with Crippen LogP contribution in [0.25, 0.3) is 0 Å². The molecule has 2 heteroatoms. The standard InChI is InChI=1S/C10H16O2/c1-7-3-5-9(6-4-7)8(2)10(11)12/h3,8-9H,4-6H2,1-2H3,(H,11,12)/t8-,9+/m1/s1. The first kappa shape index (κ1) is 9.30. The Balaban J connectivity index is 2.51. The molecule has 0 aromatic carbocycles. The highest BCUT2D eigenvalue weighted by molar-refractivity contribution is 5.69. The predicted octanol–water partition coefficient (Wildman–Crippen LogP) is 2.45. The fourth-order valence-corrected chi connectivity index (χ4v) is 1.64. The number of allylic oxidation sites excluding steroid dienone is 2. The molecular weight excluding hydrogens is 152 g/mol. The monoisotopic (exact) mass is 168 g/mol. The van der Waals surface area contributed by atoms with Gasteiger partial charge in [-0.1, -0.05) is 18.6 Å². The van der Waals surface area contributed by atoms with Gasteiger partial charge in [-0.3, -0.25) is 4.79 Å². The molecule has 0 heterocycles. The van der Waals surface area contributed by atoms with Crippen molar-refractivity contribution >= 4 is 5.97 Å². The molecule has 0 spiro atoms. The van der Waals surface area contributed by atoms with Crippen LogP contribution in [0.3, 0.4) is 0 Å². The molecule has 0 saturated heterocycles. The van der Waals surface area contributed by atoms with Crippen molar-refractivity contribution in [2.45, 2.75) is 33.1 Å². The first-order valence-electron chi connectivity index (χ1n) is 4.49. The van der Waals surface area contributed by atoms with Crippen LogP contribution in [-0.2, 0) is 4.79 Å². The van der Waals surface area contributed by atoms with E-state index in [-0.39, 0.29) is 5.92 Å². The number of carboxylic acid groups (broad SMARTS) is 1. The van der Waals surface area contributed by atoms with Crippen molar-refractivity contribution in [3.8, 4) is 0 Å². The van der Waals surface area contributed by atoms with Crippen LogP contribution in [0.15, 0.2) is 11.6 Å². The van der Waals surface area contributed by atoms with Gasteiger partial charge in [0.25, 0.3) is 0 Å². The number of carbonyl (C=O) groups is 1. The van der Waals surface area contributed by atoms with Crippen LogP contribution in [0.4, 0.5) is 0 Å². The van der Waals surface area contributed by atoms with Gasteiger partial charge in [0.1, 0.15) is 0 Å². The van der Waals surface area contributed by atoms with Crippen LogP contribution in [0.1, 0.15) is 33.1 Å². The van der Waals surface area contributed by atoms with Crippen molar-refractivity contribution in [1.29, 1.82) is 0 Å². The summed E-state index contributed by atoms with van der Waals surface area (Å²) in [4.78, 5) is 10.7. The number of rotatable bonds is 2. The first-order chi connectivity index (χ1) is 5.61. The van der Waals surface area contributed by atoms with Crippen LogP contribution in [-0.4, -0.2) is 11.1 Å². The molecule has 1 aliphatic rings. The van der Waals surface area contributed by atoms with Crippen molar-refractivity contribution in [3.05, 3.63) is 11.6 Å². The lowest BCUT2D eigenvalue weighted by Gasteiger charge is -2.23. The second-order valence-electron chi connectivity index (χ2n) is 3.71. The molecule has 0 aromatic rings. The minimum atomic E-state index is -0.659. The van der Waals surface area contributed by atoms with E-state index in [0.29, 0.717) is 5.92 Å². The number of aliphatic carboxylic acids is 1. The highest BCUT2D eigenvalue weighted by Gasteiger charge is 2.24. The van der Waals surface area contributed by atoms with E-state index >= 15 is 0 Å². The Labute approximate surface area is 73.3 Å². The van der Waals surface area contributed by atoms with Gasteiger partial charge in [0.15, 0.2) is 0 Å². The lowest BCUT2D eigenvalue weighted by atomic mass is 9.82. The zero-order valence-corrected chi connectivity index (χ0v) is 7.71. The van der Waals surface area contributed by atoms with Crippen molar-refractivity contribution in [2.24, 2.45) is 11.8 Å². The Bertz CT molecular complexity index is 206. The van der Waals surface area contributed by atoms with E-state index in [1.54, 1.807) is 0 Å². The fourth-order valence-electron chi connectivity index (χ4n) is 1.64. The Morgan fingerprint density at radius 3 is 2.83 bits per heavy atom. The lowest BCUT2D eigenvalue weighted by molar-refractivity contribution is -0.143. The summed E-state index contributed by atoms with van der Waals surface area (Å²) in [6.45, 7) is 3.92. The van der Waals surface area contributed by atoms with E-state index in [1.165, 1.54) is 5.57 Å². The molecule has 0 bridgehead atoms. The van der Waals surface area contributed by atoms with E-state index in [9.17, 15) is 4.79 Å². The van der Waals surface area contributed by atoms with Gasteiger partial charge in [0.2, 0.25) is 0 Å². The lowest BCUT2D eigenvalue weighted by Crippen LogP contribution is -2.21. The molecule has 0 aromatic heterocycles. The Morgan fingerprint density at radius 2 is 2.42 bits per heavy atom. The zero-order chi connectivity index (χ0) is 9.14. The summed E-state index contributed by atoms with van der Waals surface area (Å²) in [5.74, 6) is -0.492. The summed E-state index contributed by atoms with van der Waals surface area (Å²) < 4.78 is 0. The maximum atomic E-state index is 10.7. The van der Waals surface area contributed by atoms with Crippen LogP contribution in [0.5, 0.6) is 0 Å². The highest BCUT2D eigenvalue weighted by Crippen LogP contribution is 2.28.